The predicted molar refractivity (Wildman–Crippen MR) is 97.9 cm³/mol. The van der Waals surface area contributed by atoms with E-state index in [-0.39, 0.29) is 5.69 Å². The van der Waals surface area contributed by atoms with Gasteiger partial charge in [0.15, 0.2) is 11.5 Å². The molecule has 0 aliphatic rings. The highest BCUT2D eigenvalue weighted by Crippen LogP contribution is 2.34. The van der Waals surface area contributed by atoms with Gasteiger partial charge in [-0.25, -0.2) is 0 Å². The minimum Gasteiger partial charge on any atom is -0.490 e. The van der Waals surface area contributed by atoms with Gasteiger partial charge in [0.1, 0.15) is 0 Å². The van der Waals surface area contributed by atoms with Crippen molar-refractivity contribution in [2.24, 2.45) is 0 Å². The summed E-state index contributed by atoms with van der Waals surface area (Å²) in [5.74, 6) is 0.447. The quantitative estimate of drug-likeness (QED) is 0.677. The van der Waals surface area contributed by atoms with Gasteiger partial charge in [-0.05, 0) is 49.8 Å². The summed E-state index contributed by atoms with van der Waals surface area (Å²) in [6.07, 6.45) is -1.89. The van der Waals surface area contributed by atoms with E-state index in [4.69, 9.17) is 9.47 Å². The molecular formula is C20H20F3NO3. The maximum absolute atomic E-state index is 13.0. The molecule has 0 radical (unpaired) electrons. The Hall–Kier alpha value is -2.96. The van der Waals surface area contributed by atoms with Crippen LogP contribution in [0.5, 0.6) is 11.5 Å². The molecule has 0 bridgehead atoms. The van der Waals surface area contributed by atoms with Crippen LogP contribution in [0, 0.1) is 0 Å². The highest BCUT2D eigenvalue weighted by Gasteiger charge is 2.33. The van der Waals surface area contributed by atoms with Gasteiger partial charge in [0.05, 0.1) is 24.5 Å². The Balaban J connectivity index is 2.15. The number of benzene rings is 2. The van der Waals surface area contributed by atoms with Crippen molar-refractivity contribution in [1.82, 2.24) is 0 Å². The lowest BCUT2D eigenvalue weighted by Crippen LogP contribution is -2.14. The largest absolute Gasteiger partial charge is 0.490 e. The summed E-state index contributed by atoms with van der Waals surface area (Å²) < 4.78 is 49.9. The Morgan fingerprint density at radius 3 is 2.37 bits per heavy atom. The van der Waals surface area contributed by atoms with Gasteiger partial charge in [-0.2, -0.15) is 13.2 Å². The zero-order valence-corrected chi connectivity index (χ0v) is 15.0. The van der Waals surface area contributed by atoms with E-state index in [1.807, 2.05) is 13.8 Å². The highest BCUT2D eigenvalue weighted by atomic mass is 19.4. The summed E-state index contributed by atoms with van der Waals surface area (Å²) in [5.41, 5.74) is -0.533. The minimum atomic E-state index is -4.55. The molecule has 0 saturated carbocycles. The lowest BCUT2D eigenvalue weighted by atomic mass is 10.1. The number of halogens is 3. The molecule has 2 rings (SSSR count). The summed E-state index contributed by atoms with van der Waals surface area (Å²) in [7, 11) is 0. The molecule has 7 heteroatoms. The van der Waals surface area contributed by atoms with Crippen molar-refractivity contribution < 1.29 is 27.4 Å². The van der Waals surface area contributed by atoms with Crippen molar-refractivity contribution in [2.75, 3.05) is 18.5 Å². The number of nitrogens with one attached hydrogen (secondary N) is 1. The molecule has 2 aromatic rings. The van der Waals surface area contributed by atoms with E-state index >= 15 is 0 Å². The van der Waals surface area contributed by atoms with Crippen LogP contribution in [0.15, 0.2) is 48.5 Å². The van der Waals surface area contributed by atoms with Gasteiger partial charge in [-0.15, -0.1) is 0 Å². The normalized spacial score (nSPS) is 11.4. The van der Waals surface area contributed by atoms with Gasteiger partial charge in [0.2, 0.25) is 5.91 Å². The molecule has 0 aliphatic carbocycles. The Bertz CT molecular complexity index is 816. The fraction of sp³-hybridized carbons (Fsp3) is 0.250. The molecule has 1 N–H and O–H groups in total. The van der Waals surface area contributed by atoms with Crippen LogP contribution in [-0.2, 0) is 11.0 Å². The van der Waals surface area contributed by atoms with Crippen LogP contribution < -0.4 is 14.8 Å². The van der Waals surface area contributed by atoms with Crippen molar-refractivity contribution in [3.63, 3.8) is 0 Å². The minimum absolute atomic E-state index is 0.290. The van der Waals surface area contributed by atoms with Crippen LogP contribution in [0.25, 0.3) is 6.08 Å². The van der Waals surface area contributed by atoms with Gasteiger partial charge in [-0.1, -0.05) is 18.2 Å². The Morgan fingerprint density at radius 1 is 1.04 bits per heavy atom. The van der Waals surface area contributed by atoms with Crippen molar-refractivity contribution >= 4 is 17.7 Å². The van der Waals surface area contributed by atoms with Crippen LogP contribution >= 0.6 is 0 Å². The number of anilines is 1. The number of hydrogen-bond donors (Lipinski definition) is 1. The second-order valence-electron chi connectivity index (χ2n) is 5.44. The van der Waals surface area contributed by atoms with E-state index in [0.29, 0.717) is 30.3 Å². The molecular weight excluding hydrogens is 359 g/mol. The maximum atomic E-state index is 13.0. The van der Waals surface area contributed by atoms with E-state index in [0.717, 1.165) is 6.07 Å². The zero-order chi connectivity index (χ0) is 19.9. The molecule has 0 heterocycles. The SMILES string of the molecule is CCOc1ccc(C=CC(=O)Nc2ccccc2C(F)(F)F)cc1OCC. The van der Waals surface area contributed by atoms with Crippen molar-refractivity contribution in [2.45, 2.75) is 20.0 Å². The van der Waals surface area contributed by atoms with Crippen molar-refractivity contribution in [3.05, 3.63) is 59.7 Å². The number of hydrogen-bond acceptors (Lipinski definition) is 3. The van der Waals surface area contributed by atoms with Crippen molar-refractivity contribution in [1.29, 1.82) is 0 Å². The molecule has 0 unspecified atom stereocenters. The smallest absolute Gasteiger partial charge is 0.418 e. The monoisotopic (exact) mass is 379 g/mol. The number of carbonyl (C=O) groups excluding carboxylic acids is 1. The molecule has 0 atom stereocenters. The zero-order valence-electron chi connectivity index (χ0n) is 15.0. The molecule has 2 aromatic carbocycles. The predicted octanol–water partition coefficient (Wildman–Crippen LogP) is 5.15. The van der Waals surface area contributed by atoms with Gasteiger partial charge >= 0.3 is 6.18 Å². The summed E-state index contributed by atoms with van der Waals surface area (Å²) in [6, 6.07) is 9.95. The number of para-hydroxylation sites is 1. The van der Waals surface area contributed by atoms with E-state index in [9.17, 15) is 18.0 Å². The summed E-state index contributed by atoms with van der Waals surface area (Å²) in [4.78, 5) is 12.0. The lowest BCUT2D eigenvalue weighted by Gasteiger charge is -2.12. The van der Waals surface area contributed by atoms with Gasteiger partial charge in [0.25, 0.3) is 0 Å². The number of alkyl halides is 3. The molecule has 27 heavy (non-hydrogen) atoms. The Labute approximate surface area is 155 Å². The molecule has 0 fully saturated rings. The molecule has 0 aromatic heterocycles. The average Bonchev–Trinajstić information content (AvgIpc) is 2.62. The third kappa shape index (κ3) is 5.77. The fourth-order valence-electron chi connectivity index (χ4n) is 2.36. The van der Waals surface area contributed by atoms with Gasteiger partial charge in [0, 0.05) is 6.08 Å². The Morgan fingerprint density at radius 2 is 1.70 bits per heavy atom. The Kier molecular flexibility index (Phi) is 6.87. The summed E-state index contributed by atoms with van der Waals surface area (Å²) in [5, 5.41) is 2.26. The number of rotatable bonds is 7. The lowest BCUT2D eigenvalue weighted by molar-refractivity contribution is -0.136. The van der Waals surface area contributed by atoms with Crippen molar-refractivity contribution in [3.8, 4) is 11.5 Å². The van der Waals surface area contributed by atoms with Crippen LogP contribution in [0.4, 0.5) is 18.9 Å². The third-order valence-corrected chi connectivity index (χ3v) is 3.48. The molecule has 1 amide bonds. The average molecular weight is 379 g/mol. The third-order valence-electron chi connectivity index (χ3n) is 3.48. The first-order valence-electron chi connectivity index (χ1n) is 8.40. The summed E-state index contributed by atoms with van der Waals surface area (Å²) in [6.45, 7) is 4.62. The first-order valence-corrected chi connectivity index (χ1v) is 8.40. The molecule has 144 valence electrons. The van der Waals surface area contributed by atoms with Crippen LogP contribution in [0.2, 0.25) is 0 Å². The molecule has 4 nitrogen and oxygen atoms in total. The molecule has 0 aliphatic heterocycles. The first-order chi connectivity index (χ1) is 12.8. The second-order valence-corrected chi connectivity index (χ2v) is 5.44. The standard InChI is InChI=1S/C20H20F3NO3/c1-3-26-17-11-9-14(13-18(17)27-4-2)10-12-19(25)24-16-8-6-5-7-15(16)20(21,22)23/h5-13H,3-4H2,1-2H3,(H,24,25). The molecule has 0 saturated heterocycles. The number of amides is 1. The van der Waals surface area contributed by atoms with Gasteiger partial charge in [-0.3, -0.25) is 4.79 Å². The van der Waals surface area contributed by atoms with E-state index in [1.165, 1.54) is 30.4 Å². The second kappa shape index (κ2) is 9.12. The highest BCUT2D eigenvalue weighted by molar-refractivity contribution is 6.02. The van der Waals surface area contributed by atoms with Crippen LogP contribution in [0.1, 0.15) is 25.0 Å². The van der Waals surface area contributed by atoms with E-state index in [1.54, 1.807) is 18.2 Å². The fourth-order valence-corrected chi connectivity index (χ4v) is 2.36. The summed E-state index contributed by atoms with van der Waals surface area (Å²) >= 11 is 0. The number of ether oxygens (including phenoxy) is 2. The van der Waals surface area contributed by atoms with E-state index in [2.05, 4.69) is 5.32 Å². The van der Waals surface area contributed by atoms with Crippen LogP contribution in [0.3, 0.4) is 0 Å². The maximum Gasteiger partial charge on any atom is 0.418 e. The van der Waals surface area contributed by atoms with Crippen LogP contribution in [-0.4, -0.2) is 19.1 Å². The molecule has 0 spiro atoms. The number of carbonyl (C=O) groups is 1. The topological polar surface area (TPSA) is 47.6 Å². The first kappa shape index (κ1) is 20.4. The van der Waals surface area contributed by atoms with Gasteiger partial charge < -0.3 is 14.8 Å². The van der Waals surface area contributed by atoms with E-state index < -0.39 is 17.6 Å².